The van der Waals surface area contributed by atoms with Crippen molar-refractivity contribution in [3.63, 3.8) is 0 Å². The lowest BCUT2D eigenvalue weighted by Gasteiger charge is -2.18. The Balaban J connectivity index is 1.72. The first-order valence-electron chi connectivity index (χ1n) is 9.87. The predicted molar refractivity (Wildman–Crippen MR) is 124 cm³/mol. The second-order valence-electron chi connectivity index (χ2n) is 6.89. The summed E-state index contributed by atoms with van der Waals surface area (Å²) < 4.78 is 1.67. The van der Waals surface area contributed by atoms with Crippen molar-refractivity contribution in [3.8, 4) is 5.69 Å². The van der Waals surface area contributed by atoms with Crippen LogP contribution in [-0.2, 0) is 0 Å². The van der Waals surface area contributed by atoms with Crippen LogP contribution in [0.3, 0.4) is 0 Å². The number of benzene rings is 2. The fourth-order valence-electron chi connectivity index (χ4n) is 3.44. The van der Waals surface area contributed by atoms with E-state index in [1.54, 1.807) is 17.0 Å². The molecule has 2 aromatic carbocycles. The molecule has 0 aliphatic heterocycles. The van der Waals surface area contributed by atoms with Crippen molar-refractivity contribution in [1.82, 2.24) is 19.5 Å². The summed E-state index contributed by atoms with van der Waals surface area (Å²) >= 11 is 1.47. The number of nitrogens with zero attached hydrogens (tertiary/aromatic N) is 4. The number of hydrogen-bond donors (Lipinski definition) is 0. The second-order valence-corrected chi connectivity index (χ2v) is 7.97. The zero-order valence-corrected chi connectivity index (χ0v) is 17.3. The zero-order chi connectivity index (χ0) is 21.0. The van der Waals surface area contributed by atoms with Crippen molar-refractivity contribution in [2.45, 2.75) is 10.4 Å². The van der Waals surface area contributed by atoms with Crippen molar-refractivity contribution in [3.05, 3.63) is 125 Å². The number of thioether (sulfide) groups is 1. The molecule has 0 radical (unpaired) electrons. The highest BCUT2D eigenvalue weighted by molar-refractivity contribution is 7.99. The van der Waals surface area contributed by atoms with Gasteiger partial charge in [-0.25, -0.2) is 4.98 Å². The highest BCUT2D eigenvalue weighted by atomic mass is 32.2. The van der Waals surface area contributed by atoms with E-state index in [4.69, 9.17) is 4.98 Å². The Kier molecular flexibility index (Phi) is 5.29. The van der Waals surface area contributed by atoms with Crippen LogP contribution in [0.4, 0.5) is 0 Å². The van der Waals surface area contributed by atoms with Crippen LogP contribution in [0.15, 0.2) is 113 Å². The van der Waals surface area contributed by atoms with E-state index in [1.165, 1.54) is 11.8 Å². The van der Waals surface area contributed by atoms with Gasteiger partial charge in [0.1, 0.15) is 0 Å². The van der Waals surface area contributed by atoms with E-state index < -0.39 is 0 Å². The maximum Gasteiger partial charge on any atom is 0.266 e. The number of aromatic nitrogens is 4. The summed E-state index contributed by atoms with van der Waals surface area (Å²) in [6.45, 7) is 0. The Hall–Kier alpha value is -3.77. The van der Waals surface area contributed by atoms with Gasteiger partial charge in [-0.15, -0.1) is 0 Å². The number of rotatable bonds is 5. The lowest BCUT2D eigenvalue weighted by molar-refractivity contribution is 0.814. The van der Waals surface area contributed by atoms with Crippen LogP contribution in [0.25, 0.3) is 16.6 Å². The third kappa shape index (κ3) is 3.85. The predicted octanol–water partition coefficient (Wildman–Crippen LogP) is 5.06. The van der Waals surface area contributed by atoms with Gasteiger partial charge in [0.05, 0.1) is 33.2 Å². The topological polar surface area (TPSA) is 60.7 Å². The minimum atomic E-state index is -0.217. The summed E-state index contributed by atoms with van der Waals surface area (Å²) in [4.78, 5) is 27.5. The van der Waals surface area contributed by atoms with Crippen LogP contribution in [0.5, 0.6) is 0 Å². The smallest absolute Gasteiger partial charge is 0.266 e. The summed E-state index contributed by atoms with van der Waals surface area (Å²) in [5, 5.41) is 0.963. The van der Waals surface area contributed by atoms with Crippen LogP contribution >= 0.6 is 11.8 Å². The van der Waals surface area contributed by atoms with E-state index in [9.17, 15) is 4.79 Å². The molecule has 3 heterocycles. The first-order valence-corrected chi connectivity index (χ1v) is 10.7. The van der Waals surface area contributed by atoms with E-state index in [-0.39, 0.29) is 10.8 Å². The Bertz CT molecular complexity index is 1330. The van der Waals surface area contributed by atoms with Gasteiger partial charge in [-0.1, -0.05) is 54.2 Å². The fourth-order valence-corrected chi connectivity index (χ4v) is 4.61. The number of hydrogen-bond acceptors (Lipinski definition) is 5. The SMILES string of the molecule is O=c1c2ccccc2nc(SC(c2ccccn2)c2ccccn2)n1-c1ccccc1. The first kappa shape index (κ1) is 19.2. The molecule has 0 aliphatic carbocycles. The monoisotopic (exact) mass is 422 g/mol. The molecule has 0 aliphatic rings. The van der Waals surface area contributed by atoms with Gasteiger partial charge in [0.2, 0.25) is 0 Å². The van der Waals surface area contributed by atoms with Crippen molar-refractivity contribution < 1.29 is 0 Å². The molecule has 0 saturated carbocycles. The minimum absolute atomic E-state index is 0.0971. The van der Waals surface area contributed by atoms with Gasteiger partial charge in [0.15, 0.2) is 5.16 Å². The second kappa shape index (κ2) is 8.53. The molecule has 0 saturated heterocycles. The van der Waals surface area contributed by atoms with Gasteiger partial charge in [0, 0.05) is 12.4 Å². The quantitative estimate of drug-likeness (QED) is 0.293. The molecule has 6 heteroatoms. The van der Waals surface area contributed by atoms with Crippen molar-refractivity contribution in [2.24, 2.45) is 0 Å². The maximum atomic E-state index is 13.5. The molecular weight excluding hydrogens is 404 g/mol. The normalized spacial score (nSPS) is 11.1. The summed E-state index contributed by atoms with van der Waals surface area (Å²) in [6, 6.07) is 28.7. The van der Waals surface area contributed by atoms with Gasteiger partial charge in [-0.3, -0.25) is 19.3 Å². The summed E-state index contributed by atoms with van der Waals surface area (Å²) in [6.07, 6.45) is 3.54. The highest BCUT2D eigenvalue weighted by Gasteiger charge is 2.23. The van der Waals surface area contributed by atoms with Crippen molar-refractivity contribution in [1.29, 1.82) is 0 Å². The molecule has 0 unspecified atom stereocenters. The van der Waals surface area contributed by atoms with Gasteiger partial charge in [0.25, 0.3) is 5.56 Å². The van der Waals surface area contributed by atoms with Crippen molar-refractivity contribution in [2.75, 3.05) is 0 Å². The van der Waals surface area contributed by atoms with Crippen LogP contribution in [0.2, 0.25) is 0 Å². The average molecular weight is 423 g/mol. The minimum Gasteiger partial charge on any atom is -0.268 e. The number of pyridine rings is 2. The zero-order valence-electron chi connectivity index (χ0n) is 16.5. The molecule has 0 fully saturated rings. The fraction of sp³-hybridized carbons (Fsp3) is 0.0400. The Morgan fingerprint density at radius 2 is 1.32 bits per heavy atom. The molecule has 0 amide bonds. The van der Waals surface area contributed by atoms with Crippen LogP contribution < -0.4 is 5.56 Å². The van der Waals surface area contributed by atoms with E-state index in [1.807, 2.05) is 91.0 Å². The Labute approximate surface area is 183 Å². The molecule has 0 N–H and O–H groups in total. The molecule has 150 valence electrons. The number of para-hydroxylation sites is 2. The van der Waals surface area contributed by atoms with Gasteiger partial charge in [-0.05, 0) is 48.5 Å². The molecule has 5 rings (SSSR count). The molecule has 3 aromatic heterocycles. The molecule has 5 aromatic rings. The first-order chi connectivity index (χ1) is 15.3. The van der Waals surface area contributed by atoms with Gasteiger partial charge in [-0.2, -0.15) is 0 Å². The third-order valence-corrected chi connectivity index (χ3v) is 6.10. The molecule has 31 heavy (non-hydrogen) atoms. The molecule has 5 nitrogen and oxygen atoms in total. The standard InChI is InChI=1S/C25H18N4OS/c30-24-19-12-4-5-13-20(19)28-25(29(24)18-10-2-1-3-11-18)31-23(21-14-6-8-16-26-21)22-15-7-9-17-27-22/h1-17,23H. The van der Waals surface area contributed by atoms with E-state index in [2.05, 4.69) is 9.97 Å². The van der Waals surface area contributed by atoms with Crippen molar-refractivity contribution >= 4 is 22.7 Å². The summed E-state index contributed by atoms with van der Waals surface area (Å²) in [5.41, 5.74) is 3.05. The molecule has 0 spiro atoms. The third-order valence-electron chi connectivity index (χ3n) is 4.90. The highest BCUT2D eigenvalue weighted by Crippen LogP contribution is 2.38. The largest absolute Gasteiger partial charge is 0.268 e. The van der Waals surface area contributed by atoms with Crippen LogP contribution in [0, 0.1) is 0 Å². The Morgan fingerprint density at radius 1 is 0.710 bits per heavy atom. The molecular formula is C25H18N4OS. The Morgan fingerprint density at radius 3 is 1.97 bits per heavy atom. The summed E-state index contributed by atoms with van der Waals surface area (Å²) in [7, 11) is 0. The van der Waals surface area contributed by atoms with E-state index >= 15 is 0 Å². The average Bonchev–Trinajstić information content (AvgIpc) is 2.84. The summed E-state index contributed by atoms with van der Waals surface area (Å²) in [5.74, 6) is 0. The van der Waals surface area contributed by atoms with Gasteiger partial charge >= 0.3 is 0 Å². The van der Waals surface area contributed by atoms with Crippen LogP contribution in [0.1, 0.15) is 16.6 Å². The van der Waals surface area contributed by atoms with Crippen LogP contribution in [-0.4, -0.2) is 19.5 Å². The maximum absolute atomic E-state index is 13.5. The lowest BCUT2D eigenvalue weighted by atomic mass is 10.2. The van der Waals surface area contributed by atoms with E-state index in [0.717, 1.165) is 17.1 Å². The van der Waals surface area contributed by atoms with E-state index in [0.29, 0.717) is 16.1 Å². The van der Waals surface area contributed by atoms with Gasteiger partial charge < -0.3 is 0 Å². The molecule has 0 bridgehead atoms. The number of fused-ring (bicyclic) bond motifs is 1. The lowest BCUT2D eigenvalue weighted by Crippen LogP contribution is -2.22. The molecule has 0 atom stereocenters.